The second kappa shape index (κ2) is 8.46. The number of ether oxygens (including phenoxy) is 1. The van der Waals surface area contributed by atoms with Crippen molar-refractivity contribution in [2.24, 2.45) is 0 Å². The van der Waals surface area contributed by atoms with Crippen LogP contribution in [0.4, 0.5) is 5.69 Å². The molecule has 0 aliphatic carbocycles. The van der Waals surface area contributed by atoms with Gasteiger partial charge in [0.15, 0.2) is 6.61 Å². The summed E-state index contributed by atoms with van der Waals surface area (Å²) < 4.78 is 5.51. The van der Waals surface area contributed by atoms with Crippen molar-refractivity contribution >= 4 is 22.9 Å². The summed E-state index contributed by atoms with van der Waals surface area (Å²) in [6, 6.07) is 17.8. The highest BCUT2D eigenvalue weighted by Gasteiger charge is 2.18. The monoisotopic (exact) mass is 382 g/mol. The lowest BCUT2D eigenvalue weighted by molar-refractivity contribution is -0.385. The molecule has 0 fully saturated rings. The molecule has 0 saturated heterocycles. The molecule has 0 saturated carbocycles. The molecule has 0 bridgehead atoms. The normalized spacial score (nSPS) is 11.6. The first-order valence-electron chi connectivity index (χ1n) is 8.30. The van der Waals surface area contributed by atoms with Crippen LogP contribution in [0.5, 0.6) is 5.75 Å². The van der Waals surface area contributed by atoms with Gasteiger partial charge in [0.1, 0.15) is 5.75 Å². The van der Waals surface area contributed by atoms with E-state index in [1.54, 1.807) is 24.3 Å². The Balaban J connectivity index is 1.67. The maximum absolute atomic E-state index is 12.4. The highest BCUT2D eigenvalue weighted by molar-refractivity contribution is 7.10. The number of thiophene rings is 1. The Morgan fingerprint density at radius 2 is 1.96 bits per heavy atom. The minimum atomic E-state index is -0.447. The average Bonchev–Trinajstić information content (AvgIpc) is 3.19. The van der Waals surface area contributed by atoms with E-state index in [9.17, 15) is 14.9 Å². The lowest BCUT2D eigenvalue weighted by Gasteiger charge is -2.18. The first kappa shape index (κ1) is 18.6. The summed E-state index contributed by atoms with van der Waals surface area (Å²) in [6.07, 6.45) is 0. The number of benzene rings is 2. The van der Waals surface area contributed by atoms with Crippen LogP contribution in [0.15, 0.2) is 66.0 Å². The summed E-state index contributed by atoms with van der Waals surface area (Å²) in [7, 11) is 0. The van der Waals surface area contributed by atoms with Gasteiger partial charge in [0, 0.05) is 16.5 Å². The van der Waals surface area contributed by atoms with Gasteiger partial charge in [0.25, 0.3) is 11.6 Å². The number of carbonyl (C=O) groups excluding carboxylic acids is 1. The van der Waals surface area contributed by atoms with E-state index in [0.29, 0.717) is 11.3 Å². The summed E-state index contributed by atoms with van der Waals surface area (Å²) in [5, 5.41) is 15.8. The Labute approximate surface area is 160 Å². The Kier molecular flexibility index (Phi) is 5.83. The van der Waals surface area contributed by atoms with Gasteiger partial charge in [-0.3, -0.25) is 14.9 Å². The van der Waals surface area contributed by atoms with Crippen LogP contribution in [0.3, 0.4) is 0 Å². The van der Waals surface area contributed by atoms with Crippen molar-refractivity contribution < 1.29 is 14.5 Å². The number of nitro benzene ring substituents is 1. The predicted molar refractivity (Wildman–Crippen MR) is 104 cm³/mol. The number of hydrogen-bond acceptors (Lipinski definition) is 5. The fraction of sp³-hybridized carbons (Fsp3) is 0.150. The fourth-order valence-electron chi connectivity index (χ4n) is 2.69. The summed E-state index contributed by atoms with van der Waals surface area (Å²) in [5.41, 5.74) is 1.49. The number of rotatable bonds is 7. The van der Waals surface area contributed by atoms with Crippen molar-refractivity contribution in [3.63, 3.8) is 0 Å². The van der Waals surface area contributed by atoms with Crippen LogP contribution in [-0.2, 0) is 4.79 Å². The van der Waals surface area contributed by atoms with Crippen LogP contribution in [0.25, 0.3) is 0 Å². The maximum atomic E-state index is 12.4. The highest BCUT2D eigenvalue weighted by atomic mass is 32.1. The second-order valence-electron chi connectivity index (χ2n) is 5.92. The molecule has 6 nitrogen and oxygen atoms in total. The van der Waals surface area contributed by atoms with E-state index < -0.39 is 4.92 Å². The standard InChI is InChI=1S/C20H18N2O4S/c1-14-12-16(9-10-17(14)22(24)25)26-13-19(23)21-20(18-8-5-11-27-18)15-6-3-2-4-7-15/h2-12,20H,13H2,1H3,(H,21,23)/t20-/m0/s1. The van der Waals surface area contributed by atoms with Gasteiger partial charge in [0.05, 0.1) is 11.0 Å². The van der Waals surface area contributed by atoms with Gasteiger partial charge in [-0.2, -0.15) is 0 Å². The molecule has 2 aromatic carbocycles. The summed E-state index contributed by atoms with van der Waals surface area (Å²) in [6.45, 7) is 1.46. The van der Waals surface area contributed by atoms with Gasteiger partial charge in [-0.15, -0.1) is 11.3 Å². The van der Waals surface area contributed by atoms with Gasteiger partial charge in [-0.05, 0) is 36.1 Å². The maximum Gasteiger partial charge on any atom is 0.272 e. The van der Waals surface area contributed by atoms with Crippen LogP contribution in [0, 0.1) is 17.0 Å². The number of aryl methyl sites for hydroxylation is 1. The SMILES string of the molecule is Cc1cc(OCC(=O)N[C@@H](c2ccccc2)c2cccs2)ccc1[N+](=O)[O-]. The number of nitrogens with one attached hydrogen (secondary N) is 1. The molecule has 1 aromatic heterocycles. The highest BCUT2D eigenvalue weighted by Crippen LogP contribution is 2.26. The third kappa shape index (κ3) is 4.71. The smallest absolute Gasteiger partial charge is 0.272 e. The van der Waals surface area contributed by atoms with Crippen LogP contribution in [-0.4, -0.2) is 17.4 Å². The zero-order valence-electron chi connectivity index (χ0n) is 14.6. The molecule has 1 atom stereocenters. The first-order chi connectivity index (χ1) is 13.0. The zero-order valence-corrected chi connectivity index (χ0v) is 15.4. The second-order valence-corrected chi connectivity index (χ2v) is 6.90. The molecule has 0 unspecified atom stereocenters. The van der Waals surface area contributed by atoms with Crippen molar-refractivity contribution in [3.8, 4) is 5.75 Å². The van der Waals surface area contributed by atoms with E-state index in [-0.39, 0.29) is 24.2 Å². The van der Waals surface area contributed by atoms with E-state index in [0.717, 1.165) is 10.4 Å². The fourth-order valence-corrected chi connectivity index (χ4v) is 3.50. The lowest BCUT2D eigenvalue weighted by atomic mass is 10.1. The Hall–Kier alpha value is -3.19. The van der Waals surface area contributed by atoms with Crippen molar-refractivity contribution in [3.05, 3.63) is 92.2 Å². The number of amides is 1. The minimum Gasteiger partial charge on any atom is -0.484 e. The van der Waals surface area contributed by atoms with E-state index in [4.69, 9.17) is 4.74 Å². The molecule has 1 N–H and O–H groups in total. The third-order valence-corrected chi connectivity index (χ3v) is 4.94. The van der Waals surface area contributed by atoms with Crippen LogP contribution in [0.2, 0.25) is 0 Å². The Morgan fingerprint density at radius 1 is 1.19 bits per heavy atom. The molecule has 0 aliphatic rings. The number of carbonyl (C=O) groups is 1. The molecule has 138 valence electrons. The van der Waals surface area contributed by atoms with E-state index >= 15 is 0 Å². The molecule has 3 rings (SSSR count). The largest absolute Gasteiger partial charge is 0.484 e. The van der Waals surface area contributed by atoms with E-state index in [2.05, 4.69) is 5.32 Å². The number of nitro groups is 1. The van der Waals surface area contributed by atoms with Gasteiger partial charge in [-0.1, -0.05) is 36.4 Å². The number of hydrogen-bond donors (Lipinski definition) is 1. The van der Waals surface area contributed by atoms with Gasteiger partial charge >= 0.3 is 0 Å². The van der Waals surface area contributed by atoms with E-state index in [1.807, 2.05) is 47.8 Å². The summed E-state index contributed by atoms with van der Waals surface area (Å²) in [5.74, 6) is 0.147. The number of nitrogens with zero attached hydrogens (tertiary/aromatic N) is 1. The van der Waals surface area contributed by atoms with Crippen LogP contribution in [0.1, 0.15) is 22.0 Å². The summed E-state index contributed by atoms with van der Waals surface area (Å²) >= 11 is 1.57. The molecule has 3 aromatic rings. The molecule has 1 amide bonds. The molecule has 0 aliphatic heterocycles. The molecule has 1 heterocycles. The lowest BCUT2D eigenvalue weighted by Crippen LogP contribution is -2.32. The quantitative estimate of drug-likeness (QED) is 0.489. The molecule has 0 radical (unpaired) electrons. The molecular weight excluding hydrogens is 364 g/mol. The Bertz CT molecular complexity index is 926. The molecule has 7 heteroatoms. The minimum absolute atomic E-state index is 0.0219. The molecule has 0 spiro atoms. The third-order valence-electron chi connectivity index (χ3n) is 4.00. The van der Waals surface area contributed by atoms with Crippen molar-refractivity contribution in [1.29, 1.82) is 0 Å². The van der Waals surface area contributed by atoms with Crippen molar-refractivity contribution in [2.45, 2.75) is 13.0 Å². The summed E-state index contributed by atoms with van der Waals surface area (Å²) in [4.78, 5) is 23.9. The van der Waals surface area contributed by atoms with Crippen molar-refractivity contribution in [2.75, 3.05) is 6.61 Å². The van der Waals surface area contributed by atoms with Crippen LogP contribution >= 0.6 is 11.3 Å². The van der Waals surface area contributed by atoms with Gasteiger partial charge < -0.3 is 10.1 Å². The van der Waals surface area contributed by atoms with Gasteiger partial charge in [-0.25, -0.2) is 0 Å². The van der Waals surface area contributed by atoms with Gasteiger partial charge in [0.2, 0.25) is 0 Å². The Morgan fingerprint density at radius 3 is 2.59 bits per heavy atom. The van der Waals surface area contributed by atoms with E-state index in [1.165, 1.54) is 12.1 Å². The van der Waals surface area contributed by atoms with Crippen LogP contribution < -0.4 is 10.1 Å². The zero-order chi connectivity index (χ0) is 19.2. The molecular formula is C20H18N2O4S. The molecule has 27 heavy (non-hydrogen) atoms. The predicted octanol–water partition coefficient (Wildman–Crippen LogP) is 4.25. The van der Waals surface area contributed by atoms with Crippen molar-refractivity contribution in [1.82, 2.24) is 5.32 Å². The first-order valence-corrected chi connectivity index (χ1v) is 9.18. The topological polar surface area (TPSA) is 81.5 Å². The average molecular weight is 382 g/mol.